The second-order valence-corrected chi connectivity index (χ2v) is 15.5. The van der Waals surface area contributed by atoms with Crippen LogP contribution in [0.5, 0.6) is 0 Å². The molecule has 0 fully saturated rings. The molecule has 7 heteroatoms. The number of pyridine rings is 1. The van der Waals surface area contributed by atoms with Gasteiger partial charge in [-0.05, 0) is 103 Å². The third-order valence-electron chi connectivity index (χ3n) is 11.2. The number of furan rings is 2. The third-order valence-corrected chi connectivity index (χ3v) is 12.3. The highest BCUT2D eigenvalue weighted by Gasteiger charge is 2.23. The van der Waals surface area contributed by atoms with E-state index in [1.807, 2.05) is 54.2 Å². The summed E-state index contributed by atoms with van der Waals surface area (Å²) < 4.78 is 14.9. The molecular formula is C50H32N4O2S. The fraction of sp³-hybridized carbons (Fsp3) is 0.0200. The van der Waals surface area contributed by atoms with E-state index in [-0.39, 0.29) is 0 Å². The molecule has 0 saturated heterocycles. The van der Waals surface area contributed by atoms with Gasteiger partial charge in [0.1, 0.15) is 22.3 Å². The van der Waals surface area contributed by atoms with Crippen LogP contribution in [0, 0.1) is 0 Å². The molecule has 57 heavy (non-hydrogen) atoms. The number of anilines is 5. The fourth-order valence-electron chi connectivity index (χ4n) is 8.62. The molecule has 1 N–H and O–H groups in total. The molecule has 0 saturated carbocycles. The number of dihydropyridines is 1. The quantitative estimate of drug-likeness (QED) is 0.183. The van der Waals surface area contributed by atoms with Crippen LogP contribution in [0.3, 0.4) is 0 Å². The normalized spacial score (nSPS) is 13.0. The molecule has 11 aromatic rings. The summed E-state index contributed by atoms with van der Waals surface area (Å²) in [6.45, 7) is 0.753. The zero-order valence-electron chi connectivity index (χ0n) is 30.5. The lowest BCUT2D eigenvalue weighted by Crippen LogP contribution is -2.20. The van der Waals surface area contributed by atoms with Gasteiger partial charge >= 0.3 is 0 Å². The summed E-state index contributed by atoms with van der Waals surface area (Å²) in [7, 11) is 0. The van der Waals surface area contributed by atoms with Crippen LogP contribution in [0.2, 0.25) is 0 Å². The molecule has 0 unspecified atom stereocenters. The Balaban J connectivity index is 1.06. The molecule has 7 aromatic carbocycles. The average Bonchev–Trinajstić information content (AvgIpc) is 3.95. The molecule has 0 amide bonds. The smallest absolute Gasteiger partial charge is 0.135 e. The van der Waals surface area contributed by atoms with Crippen LogP contribution in [0.1, 0.15) is 0 Å². The first-order valence-corrected chi connectivity index (χ1v) is 19.9. The van der Waals surface area contributed by atoms with Gasteiger partial charge in [-0.3, -0.25) is 4.98 Å². The van der Waals surface area contributed by atoms with Gasteiger partial charge in [-0.15, -0.1) is 11.3 Å². The summed E-state index contributed by atoms with van der Waals surface area (Å²) in [4.78, 5) is 9.06. The minimum absolute atomic E-state index is 0.753. The molecule has 0 atom stereocenters. The largest absolute Gasteiger partial charge is 0.456 e. The van der Waals surface area contributed by atoms with Gasteiger partial charge in [0.25, 0.3) is 0 Å². The van der Waals surface area contributed by atoms with Crippen LogP contribution >= 0.6 is 11.3 Å². The zero-order valence-corrected chi connectivity index (χ0v) is 31.3. The van der Waals surface area contributed by atoms with E-state index in [4.69, 9.17) is 8.83 Å². The van der Waals surface area contributed by atoms with Crippen LogP contribution < -0.4 is 15.1 Å². The summed E-state index contributed by atoms with van der Waals surface area (Å²) in [6.07, 6.45) is 10.2. The lowest BCUT2D eigenvalue weighted by molar-refractivity contribution is 0.668. The number of nitrogens with zero attached hydrogens (tertiary/aromatic N) is 3. The first-order chi connectivity index (χ1) is 28.2. The van der Waals surface area contributed by atoms with Gasteiger partial charge in [0.15, 0.2) is 0 Å². The summed E-state index contributed by atoms with van der Waals surface area (Å²) in [6, 6.07) is 51.7. The van der Waals surface area contributed by atoms with Crippen molar-refractivity contribution in [3.8, 4) is 0 Å². The van der Waals surface area contributed by atoms with Gasteiger partial charge in [0.05, 0.1) is 5.69 Å². The Bertz CT molecular complexity index is 3450. The number of aromatic nitrogens is 1. The van der Waals surface area contributed by atoms with E-state index in [0.717, 1.165) is 84.6 Å². The Morgan fingerprint density at radius 3 is 1.77 bits per heavy atom. The maximum Gasteiger partial charge on any atom is 0.135 e. The molecule has 0 aliphatic carbocycles. The molecule has 1 aliphatic rings. The number of nitrogens with one attached hydrogen (secondary N) is 1. The van der Waals surface area contributed by atoms with Gasteiger partial charge in [0.2, 0.25) is 0 Å². The average molecular weight is 753 g/mol. The highest BCUT2D eigenvalue weighted by Crippen LogP contribution is 2.48. The number of thiophene rings is 1. The molecule has 5 heterocycles. The lowest BCUT2D eigenvalue weighted by Gasteiger charge is -2.29. The number of allylic oxidation sites excluding steroid dienone is 1. The Kier molecular flexibility index (Phi) is 7.06. The second-order valence-electron chi connectivity index (χ2n) is 14.4. The lowest BCUT2D eigenvalue weighted by atomic mass is 10.00. The Morgan fingerprint density at radius 2 is 1.09 bits per heavy atom. The van der Waals surface area contributed by atoms with Gasteiger partial charge in [-0.25, -0.2) is 0 Å². The SMILES string of the molecule is C1=CC(N(c2ccc3oc4ccccc4c3c2)c2cc3sc4cc(N(c5ccncc5)c5ccc6oc7ccccc7c6c5)ccc4c3c3ccccc23)=CCN1. The molecule has 270 valence electrons. The van der Waals surface area contributed by atoms with E-state index < -0.39 is 0 Å². The number of hydrogen-bond donors (Lipinski definition) is 1. The van der Waals surface area contributed by atoms with Crippen molar-refractivity contribution in [2.24, 2.45) is 0 Å². The molecule has 4 aromatic heterocycles. The van der Waals surface area contributed by atoms with Crippen LogP contribution in [-0.2, 0) is 0 Å². The van der Waals surface area contributed by atoms with Crippen molar-refractivity contribution in [2.75, 3.05) is 16.3 Å². The molecule has 0 spiro atoms. The fourth-order valence-corrected chi connectivity index (χ4v) is 9.81. The van der Waals surface area contributed by atoms with E-state index in [2.05, 4.69) is 154 Å². The first kappa shape index (κ1) is 31.9. The van der Waals surface area contributed by atoms with Crippen molar-refractivity contribution in [3.63, 3.8) is 0 Å². The van der Waals surface area contributed by atoms with Crippen molar-refractivity contribution in [3.05, 3.63) is 182 Å². The van der Waals surface area contributed by atoms with Crippen LogP contribution in [-0.4, -0.2) is 11.5 Å². The van der Waals surface area contributed by atoms with E-state index in [1.54, 1.807) is 0 Å². The van der Waals surface area contributed by atoms with Crippen LogP contribution in [0.4, 0.5) is 28.4 Å². The van der Waals surface area contributed by atoms with Crippen molar-refractivity contribution in [2.45, 2.75) is 0 Å². The maximum atomic E-state index is 6.25. The Labute approximate surface area is 330 Å². The summed E-state index contributed by atoms with van der Waals surface area (Å²) >= 11 is 1.84. The number of para-hydroxylation sites is 2. The summed E-state index contributed by atoms with van der Waals surface area (Å²) in [5.41, 5.74) is 10.0. The van der Waals surface area contributed by atoms with E-state index >= 15 is 0 Å². The van der Waals surface area contributed by atoms with Crippen LogP contribution in [0.25, 0.3) is 74.8 Å². The Morgan fingerprint density at radius 1 is 0.491 bits per heavy atom. The highest BCUT2D eigenvalue weighted by atomic mass is 32.1. The Hall–Kier alpha value is -7.35. The van der Waals surface area contributed by atoms with Gasteiger partial charge in [0, 0.05) is 94.5 Å². The zero-order chi connectivity index (χ0) is 37.5. The predicted octanol–water partition coefficient (Wildman–Crippen LogP) is 14.0. The number of rotatable bonds is 6. The summed E-state index contributed by atoms with van der Waals surface area (Å²) in [5, 5.41) is 12.7. The number of fused-ring (bicyclic) bond motifs is 11. The minimum atomic E-state index is 0.753. The van der Waals surface area contributed by atoms with E-state index in [9.17, 15) is 0 Å². The van der Waals surface area contributed by atoms with Gasteiger partial charge in [-0.2, -0.15) is 0 Å². The van der Waals surface area contributed by atoms with E-state index in [0.29, 0.717) is 0 Å². The molecule has 0 radical (unpaired) electrons. The maximum absolute atomic E-state index is 6.25. The molecule has 0 bridgehead atoms. The number of benzene rings is 7. The van der Waals surface area contributed by atoms with Crippen molar-refractivity contribution < 1.29 is 8.83 Å². The first-order valence-electron chi connectivity index (χ1n) is 19.1. The van der Waals surface area contributed by atoms with Crippen molar-refractivity contribution in [1.82, 2.24) is 10.3 Å². The minimum Gasteiger partial charge on any atom is -0.456 e. The van der Waals surface area contributed by atoms with Crippen molar-refractivity contribution >= 4 is 115 Å². The number of hydrogen-bond acceptors (Lipinski definition) is 7. The van der Waals surface area contributed by atoms with Crippen LogP contribution in [0.15, 0.2) is 191 Å². The topological polar surface area (TPSA) is 57.7 Å². The molecular weight excluding hydrogens is 721 g/mol. The highest BCUT2D eigenvalue weighted by molar-refractivity contribution is 7.26. The summed E-state index contributed by atoms with van der Waals surface area (Å²) in [5.74, 6) is 0. The van der Waals surface area contributed by atoms with Crippen molar-refractivity contribution in [1.29, 1.82) is 0 Å². The predicted molar refractivity (Wildman–Crippen MR) is 238 cm³/mol. The van der Waals surface area contributed by atoms with Gasteiger partial charge in [-0.1, -0.05) is 66.7 Å². The van der Waals surface area contributed by atoms with Gasteiger partial charge < -0.3 is 24.0 Å². The third kappa shape index (κ3) is 5.06. The molecule has 6 nitrogen and oxygen atoms in total. The second kappa shape index (κ2) is 12.6. The molecule has 1 aliphatic heterocycles. The monoisotopic (exact) mass is 752 g/mol. The van der Waals surface area contributed by atoms with E-state index in [1.165, 1.54) is 30.9 Å². The standard InChI is InChI=1S/C50H32N4O2S/c1-2-10-39-36(7-1)43(54(32-21-25-52-26-22-32)34-15-18-47-42(28-34)38-9-4-6-12-45(38)56-47)30-49-50(39)40-16-13-35(29-48(40)57-49)53(31-19-23-51-24-20-31)33-14-17-46-41(27-33)37-8-3-5-11-44(37)55-46/h1-25,27-30,52H,26H2. The molecule has 12 rings (SSSR count).